The number of aliphatic carboxylic acids is 1. The number of carboxylic acids is 1. The average molecular weight is 460 g/mol. The van der Waals surface area contributed by atoms with Crippen LogP contribution in [0.3, 0.4) is 0 Å². The van der Waals surface area contributed by atoms with Crippen molar-refractivity contribution in [2.24, 2.45) is 17.6 Å². The topological polar surface area (TPSA) is 107 Å². The zero-order valence-electron chi connectivity index (χ0n) is 18.8. The predicted molar refractivity (Wildman–Crippen MR) is 114 cm³/mol. The zero-order chi connectivity index (χ0) is 24.4. The van der Waals surface area contributed by atoms with E-state index in [9.17, 15) is 33.0 Å². The molecule has 1 fully saturated rings. The van der Waals surface area contributed by atoms with Crippen molar-refractivity contribution in [3.63, 3.8) is 0 Å². The first-order valence-electron chi connectivity index (χ1n) is 10.5. The maximum absolute atomic E-state index is 13.4. The Balaban J connectivity index is 2.16. The van der Waals surface area contributed by atoms with Crippen molar-refractivity contribution in [1.82, 2.24) is 4.90 Å². The van der Waals surface area contributed by atoms with Crippen LogP contribution in [0.2, 0.25) is 0 Å². The van der Waals surface area contributed by atoms with Crippen LogP contribution in [0.15, 0.2) is 24.3 Å². The van der Waals surface area contributed by atoms with E-state index in [2.05, 4.69) is 0 Å². The molecule has 0 aliphatic carbocycles. The molecule has 1 aromatic rings. The van der Waals surface area contributed by atoms with Crippen LogP contribution in [0.5, 0.6) is 0 Å². The fourth-order valence-electron chi connectivity index (χ4n) is 3.99. The van der Waals surface area contributed by atoms with Gasteiger partial charge in [0.1, 0.15) is 0 Å². The molecule has 1 heterocycles. The second kappa shape index (κ2) is 9.76. The lowest BCUT2D eigenvalue weighted by molar-refractivity contribution is -0.144. The Kier molecular flexibility index (Phi) is 7.96. The summed E-state index contributed by atoms with van der Waals surface area (Å²) in [6.07, 6.45) is -5.73. The molecule has 3 atom stereocenters. The second-order valence-corrected chi connectivity index (χ2v) is 9.34. The third kappa shape index (κ3) is 5.99. The maximum Gasteiger partial charge on any atom is 0.418 e. The summed E-state index contributed by atoms with van der Waals surface area (Å²) in [6, 6.07) is 4.13. The fraction of sp³-hybridized carbons (Fsp3) is 0.636. The number of carbonyl (C=O) groups excluding carboxylic acids is 1. The first-order chi connectivity index (χ1) is 14.6. The number of aliphatic hydroxyl groups is 1. The van der Waals surface area contributed by atoms with Gasteiger partial charge in [-0.15, -0.1) is 0 Å². The molecule has 0 saturated carbocycles. The highest BCUT2D eigenvalue weighted by Crippen LogP contribution is 2.38. The lowest BCUT2D eigenvalue weighted by Crippen LogP contribution is -2.64. The number of para-hydroxylation sites is 1. The van der Waals surface area contributed by atoms with Crippen molar-refractivity contribution in [3.05, 3.63) is 29.8 Å². The minimum absolute atomic E-state index is 0.00544. The Morgan fingerprint density at radius 3 is 2.38 bits per heavy atom. The van der Waals surface area contributed by atoms with E-state index in [1.165, 1.54) is 18.2 Å². The number of rotatable bonds is 8. The van der Waals surface area contributed by atoms with E-state index in [1.54, 1.807) is 32.6 Å². The number of hydrogen-bond acceptors (Lipinski definition) is 5. The predicted octanol–water partition coefficient (Wildman–Crippen LogP) is 2.57. The second-order valence-electron chi connectivity index (χ2n) is 9.34. The molecule has 0 radical (unpaired) electrons. The summed E-state index contributed by atoms with van der Waals surface area (Å²) in [5, 5.41) is 19.8. The lowest BCUT2D eigenvalue weighted by atomic mass is 9.87. The van der Waals surface area contributed by atoms with Gasteiger partial charge in [-0.3, -0.25) is 14.5 Å². The molecule has 7 nitrogen and oxygen atoms in total. The van der Waals surface area contributed by atoms with E-state index in [-0.39, 0.29) is 37.7 Å². The molecular formula is C22H32F3N3O4. The third-order valence-corrected chi connectivity index (χ3v) is 6.07. The molecular weight excluding hydrogens is 427 g/mol. The Bertz CT molecular complexity index is 829. The van der Waals surface area contributed by atoms with Gasteiger partial charge in [0.15, 0.2) is 0 Å². The van der Waals surface area contributed by atoms with Crippen LogP contribution < -0.4 is 10.6 Å². The van der Waals surface area contributed by atoms with Gasteiger partial charge in [0, 0.05) is 24.7 Å². The number of carboxylic acid groups (broad SMARTS) is 1. The Labute approximate surface area is 186 Å². The Morgan fingerprint density at radius 2 is 1.84 bits per heavy atom. The molecule has 1 aliphatic heterocycles. The first-order valence-corrected chi connectivity index (χ1v) is 10.5. The van der Waals surface area contributed by atoms with Crippen molar-refractivity contribution in [2.45, 2.75) is 58.0 Å². The van der Waals surface area contributed by atoms with Gasteiger partial charge in [0.05, 0.1) is 29.8 Å². The van der Waals surface area contributed by atoms with Crippen molar-refractivity contribution in [1.29, 1.82) is 0 Å². The molecule has 2 rings (SSSR count). The number of amides is 1. The zero-order valence-corrected chi connectivity index (χ0v) is 18.8. The number of nitrogens with zero attached hydrogens (tertiary/aromatic N) is 2. The molecule has 32 heavy (non-hydrogen) atoms. The van der Waals surface area contributed by atoms with Crippen LogP contribution >= 0.6 is 0 Å². The minimum Gasteiger partial charge on any atom is -0.481 e. The van der Waals surface area contributed by atoms with Crippen LogP contribution in [0.1, 0.15) is 39.7 Å². The smallest absolute Gasteiger partial charge is 0.418 e. The maximum atomic E-state index is 13.4. The number of alkyl halides is 3. The summed E-state index contributed by atoms with van der Waals surface area (Å²) in [7, 11) is 0. The number of halogens is 3. The number of nitrogens with two attached hydrogens (primary N) is 1. The van der Waals surface area contributed by atoms with Crippen molar-refractivity contribution in [2.75, 3.05) is 24.5 Å². The van der Waals surface area contributed by atoms with Crippen LogP contribution in [-0.2, 0) is 15.8 Å². The standard InChI is InChI=1S/C22H32F3N3O4/c1-13(2)14(20(31)32)9-18(29)16(26)10-27-11-19(30)28(12-21(27,3)4)17-8-6-5-7-15(17)22(23,24)25/h5-8,13-14,16,18,29H,9-12,26H2,1-4H3,(H,31,32)/t14-,16-,18-/m0/s1. The van der Waals surface area contributed by atoms with Gasteiger partial charge in [0.25, 0.3) is 0 Å². The molecule has 1 aliphatic rings. The van der Waals surface area contributed by atoms with E-state index >= 15 is 0 Å². The van der Waals surface area contributed by atoms with Gasteiger partial charge < -0.3 is 20.8 Å². The summed E-state index contributed by atoms with van der Waals surface area (Å²) >= 11 is 0. The van der Waals surface area contributed by atoms with Crippen LogP contribution in [-0.4, -0.2) is 64.3 Å². The summed E-state index contributed by atoms with van der Waals surface area (Å²) in [5.74, 6) is -2.47. The first kappa shape index (κ1) is 26.1. The van der Waals surface area contributed by atoms with E-state index < -0.39 is 47.2 Å². The molecule has 10 heteroatoms. The van der Waals surface area contributed by atoms with E-state index in [0.717, 1.165) is 11.0 Å². The summed E-state index contributed by atoms with van der Waals surface area (Å²) in [6.45, 7) is 7.00. The largest absolute Gasteiger partial charge is 0.481 e. The number of carbonyl (C=O) groups is 2. The monoisotopic (exact) mass is 459 g/mol. The lowest BCUT2D eigenvalue weighted by Gasteiger charge is -2.48. The van der Waals surface area contributed by atoms with Gasteiger partial charge in [0.2, 0.25) is 5.91 Å². The van der Waals surface area contributed by atoms with Crippen LogP contribution in [0.25, 0.3) is 0 Å². The molecule has 1 aromatic carbocycles. The summed E-state index contributed by atoms with van der Waals surface area (Å²) in [4.78, 5) is 27.1. The van der Waals surface area contributed by atoms with Gasteiger partial charge in [-0.25, -0.2) is 0 Å². The summed E-state index contributed by atoms with van der Waals surface area (Å²) < 4.78 is 40.3. The quantitative estimate of drug-likeness (QED) is 0.552. The molecule has 4 N–H and O–H groups in total. The van der Waals surface area contributed by atoms with E-state index in [1.807, 2.05) is 0 Å². The van der Waals surface area contributed by atoms with E-state index in [0.29, 0.717) is 0 Å². The fourth-order valence-corrected chi connectivity index (χ4v) is 3.99. The van der Waals surface area contributed by atoms with Crippen molar-refractivity contribution >= 4 is 17.6 Å². The van der Waals surface area contributed by atoms with Crippen molar-refractivity contribution in [3.8, 4) is 0 Å². The molecule has 0 bridgehead atoms. The van der Waals surface area contributed by atoms with Gasteiger partial charge in [-0.1, -0.05) is 26.0 Å². The molecule has 0 aromatic heterocycles. The van der Waals surface area contributed by atoms with Crippen LogP contribution in [0, 0.1) is 11.8 Å². The number of hydrogen-bond donors (Lipinski definition) is 3. The number of anilines is 1. The number of piperazine rings is 1. The number of benzene rings is 1. The van der Waals surface area contributed by atoms with Crippen molar-refractivity contribution < 1.29 is 33.0 Å². The highest BCUT2D eigenvalue weighted by molar-refractivity contribution is 5.96. The van der Waals surface area contributed by atoms with E-state index in [4.69, 9.17) is 5.73 Å². The molecule has 0 unspecified atom stereocenters. The summed E-state index contributed by atoms with van der Waals surface area (Å²) in [5.41, 5.74) is 4.34. The molecule has 180 valence electrons. The van der Waals surface area contributed by atoms with Gasteiger partial charge in [-0.05, 0) is 38.3 Å². The van der Waals surface area contributed by atoms with Gasteiger partial charge >= 0.3 is 12.1 Å². The van der Waals surface area contributed by atoms with Crippen LogP contribution in [0.4, 0.5) is 18.9 Å². The molecule has 1 amide bonds. The highest BCUT2D eigenvalue weighted by Gasteiger charge is 2.43. The third-order valence-electron chi connectivity index (χ3n) is 6.07. The average Bonchev–Trinajstić information content (AvgIpc) is 2.67. The Morgan fingerprint density at radius 1 is 1.25 bits per heavy atom. The Hall–Kier alpha value is -2.17. The SMILES string of the molecule is CC(C)[C@H](C[C@H](O)[C@@H](N)CN1CC(=O)N(c2ccccc2C(F)(F)F)CC1(C)C)C(=O)O. The number of aliphatic hydroxyl groups excluding tert-OH is 1. The minimum atomic E-state index is -4.60. The molecule has 1 saturated heterocycles. The van der Waals surface area contributed by atoms with Gasteiger partial charge in [-0.2, -0.15) is 13.2 Å². The normalized spacial score (nSPS) is 20.3. The molecule has 0 spiro atoms. The highest BCUT2D eigenvalue weighted by atomic mass is 19.4.